The Morgan fingerprint density at radius 3 is 2.40 bits per heavy atom. The zero-order valence-electron chi connectivity index (χ0n) is 12.1. The van der Waals surface area contributed by atoms with Crippen LogP contribution in [0.3, 0.4) is 0 Å². The summed E-state index contributed by atoms with van der Waals surface area (Å²) in [5.41, 5.74) is 8.39. The average Bonchev–Trinajstić information content (AvgIpc) is 2.50. The van der Waals surface area contributed by atoms with Gasteiger partial charge in [0.15, 0.2) is 0 Å². The van der Waals surface area contributed by atoms with Crippen LogP contribution in [-0.2, 0) is 0 Å². The van der Waals surface area contributed by atoms with Crippen molar-refractivity contribution in [2.24, 2.45) is 5.73 Å². The second-order valence-corrected chi connectivity index (χ2v) is 5.10. The fourth-order valence-corrected chi connectivity index (χ4v) is 2.38. The molecule has 0 aliphatic heterocycles. The molecule has 0 amide bonds. The fourth-order valence-electron chi connectivity index (χ4n) is 2.38. The van der Waals surface area contributed by atoms with Crippen LogP contribution < -0.4 is 10.5 Å². The summed E-state index contributed by atoms with van der Waals surface area (Å²) in [5.74, 6) is 1.41. The van der Waals surface area contributed by atoms with Crippen molar-refractivity contribution in [2.75, 3.05) is 13.2 Å². The van der Waals surface area contributed by atoms with Gasteiger partial charge in [-0.15, -0.1) is 0 Å². The summed E-state index contributed by atoms with van der Waals surface area (Å²) < 4.78 is 5.83. The van der Waals surface area contributed by atoms with E-state index < -0.39 is 0 Å². The predicted octanol–water partition coefficient (Wildman–Crippen LogP) is 3.90. The first kappa shape index (κ1) is 14.6. The molecule has 0 aromatic heterocycles. The number of para-hydroxylation sites is 1. The quantitative estimate of drug-likeness (QED) is 0.774. The minimum atomic E-state index is 0.427. The number of aryl methyl sites for hydroxylation is 1. The zero-order valence-corrected chi connectivity index (χ0v) is 12.1. The van der Waals surface area contributed by atoms with Crippen molar-refractivity contribution in [3.63, 3.8) is 0 Å². The van der Waals surface area contributed by atoms with E-state index in [-0.39, 0.29) is 0 Å². The van der Waals surface area contributed by atoms with Crippen molar-refractivity contribution in [3.8, 4) is 5.75 Å². The summed E-state index contributed by atoms with van der Waals surface area (Å²) in [7, 11) is 0. The first-order valence-electron chi connectivity index (χ1n) is 7.24. The molecule has 20 heavy (non-hydrogen) atoms. The van der Waals surface area contributed by atoms with Gasteiger partial charge in [0.05, 0.1) is 6.61 Å². The molecule has 0 saturated carbocycles. The largest absolute Gasteiger partial charge is 0.493 e. The number of benzene rings is 2. The summed E-state index contributed by atoms with van der Waals surface area (Å²) in [6.45, 7) is 3.50. The normalized spacial score (nSPS) is 12.1. The Hall–Kier alpha value is -1.80. The van der Waals surface area contributed by atoms with Crippen LogP contribution in [0.15, 0.2) is 54.6 Å². The molecular weight excluding hydrogens is 246 g/mol. The van der Waals surface area contributed by atoms with Crippen LogP contribution in [0, 0.1) is 6.92 Å². The third-order valence-electron chi connectivity index (χ3n) is 3.60. The van der Waals surface area contributed by atoms with Crippen molar-refractivity contribution in [3.05, 3.63) is 65.7 Å². The molecule has 2 rings (SSSR count). The molecule has 2 heteroatoms. The Labute approximate surface area is 121 Å². The highest BCUT2D eigenvalue weighted by molar-refractivity contribution is 5.31. The Balaban J connectivity index is 1.79. The van der Waals surface area contributed by atoms with Crippen LogP contribution in [0.2, 0.25) is 0 Å². The second-order valence-electron chi connectivity index (χ2n) is 5.10. The van der Waals surface area contributed by atoms with Crippen LogP contribution in [0.1, 0.15) is 29.9 Å². The zero-order chi connectivity index (χ0) is 14.2. The van der Waals surface area contributed by atoms with E-state index in [0.29, 0.717) is 12.5 Å². The molecule has 2 aromatic carbocycles. The SMILES string of the molecule is Cc1ccccc1OCCCC(CN)c1ccccc1. The third kappa shape index (κ3) is 4.10. The number of nitrogens with two attached hydrogens (primary N) is 1. The molecule has 0 aliphatic carbocycles. The summed E-state index contributed by atoms with van der Waals surface area (Å²) >= 11 is 0. The monoisotopic (exact) mass is 269 g/mol. The number of hydrogen-bond acceptors (Lipinski definition) is 2. The van der Waals surface area contributed by atoms with Crippen molar-refractivity contribution >= 4 is 0 Å². The summed E-state index contributed by atoms with van der Waals surface area (Å²) in [6.07, 6.45) is 2.08. The summed E-state index contributed by atoms with van der Waals surface area (Å²) in [4.78, 5) is 0. The van der Waals surface area contributed by atoms with Crippen LogP contribution >= 0.6 is 0 Å². The summed E-state index contributed by atoms with van der Waals surface area (Å²) in [5, 5.41) is 0. The number of ether oxygens (including phenoxy) is 1. The molecule has 0 heterocycles. The fraction of sp³-hybridized carbons (Fsp3) is 0.333. The lowest BCUT2D eigenvalue weighted by atomic mass is 9.95. The Morgan fingerprint density at radius 1 is 1.00 bits per heavy atom. The van der Waals surface area contributed by atoms with Crippen LogP contribution in [0.5, 0.6) is 5.75 Å². The molecule has 1 unspecified atom stereocenters. The van der Waals surface area contributed by atoms with E-state index in [9.17, 15) is 0 Å². The third-order valence-corrected chi connectivity index (χ3v) is 3.60. The molecule has 0 radical (unpaired) electrons. The number of rotatable bonds is 7. The van der Waals surface area contributed by atoms with Gasteiger partial charge in [0, 0.05) is 0 Å². The van der Waals surface area contributed by atoms with Gasteiger partial charge >= 0.3 is 0 Å². The van der Waals surface area contributed by atoms with E-state index in [1.165, 1.54) is 11.1 Å². The second kappa shape index (κ2) is 7.71. The smallest absolute Gasteiger partial charge is 0.122 e. The van der Waals surface area contributed by atoms with E-state index in [2.05, 4.69) is 37.3 Å². The maximum atomic E-state index is 5.88. The van der Waals surface area contributed by atoms with E-state index in [1.807, 2.05) is 24.3 Å². The molecule has 106 valence electrons. The van der Waals surface area contributed by atoms with Crippen molar-refractivity contribution < 1.29 is 4.74 Å². The molecule has 0 fully saturated rings. The lowest BCUT2D eigenvalue weighted by Gasteiger charge is -2.15. The van der Waals surface area contributed by atoms with Crippen LogP contribution in [0.25, 0.3) is 0 Å². The lowest BCUT2D eigenvalue weighted by Crippen LogP contribution is -2.13. The van der Waals surface area contributed by atoms with Gasteiger partial charge < -0.3 is 10.5 Å². The Kier molecular flexibility index (Phi) is 5.63. The van der Waals surface area contributed by atoms with Gasteiger partial charge in [-0.1, -0.05) is 48.5 Å². The Bertz CT molecular complexity index is 510. The first-order valence-corrected chi connectivity index (χ1v) is 7.24. The van der Waals surface area contributed by atoms with Gasteiger partial charge in [-0.3, -0.25) is 0 Å². The maximum absolute atomic E-state index is 5.88. The van der Waals surface area contributed by atoms with Crippen LogP contribution in [-0.4, -0.2) is 13.2 Å². The summed E-state index contributed by atoms with van der Waals surface area (Å²) in [6, 6.07) is 18.6. The topological polar surface area (TPSA) is 35.2 Å². The predicted molar refractivity (Wildman–Crippen MR) is 84.1 cm³/mol. The van der Waals surface area contributed by atoms with Crippen LogP contribution in [0.4, 0.5) is 0 Å². The van der Waals surface area contributed by atoms with E-state index in [0.717, 1.165) is 25.2 Å². The minimum Gasteiger partial charge on any atom is -0.493 e. The molecular formula is C18H23NO. The average molecular weight is 269 g/mol. The first-order chi connectivity index (χ1) is 9.81. The highest BCUT2D eigenvalue weighted by Gasteiger charge is 2.09. The standard InChI is InChI=1S/C18H23NO/c1-15-8-5-6-12-18(15)20-13-7-11-17(14-19)16-9-3-2-4-10-16/h2-6,8-10,12,17H,7,11,13-14,19H2,1H3. The van der Waals surface area contributed by atoms with Gasteiger partial charge in [0.2, 0.25) is 0 Å². The van der Waals surface area contributed by atoms with Gasteiger partial charge in [-0.25, -0.2) is 0 Å². The minimum absolute atomic E-state index is 0.427. The molecule has 1 atom stereocenters. The number of hydrogen-bond donors (Lipinski definition) is 1. The molecule has 0 saturated heterocycles. The van der Waals surface area contributed by atoms with E-state index in [4.69, 9.17) is 10.5 Å². The molecule has 0 aliphatic rings. The highest BCUT2D eigenvalue weighted by Crippen LogP contribution is 2.21. The van der Waals surface area contributed by atoms with Crippen molar-refractivity contribution in [1.82, 2.24) is 0 Å². The highest BCUT2D eigenvalue weighted by atomic mass is 16.5. The lowest BCUT2D eigenvalue weighted by molar-refractivity contribution is 0.300. The van der Waals surface area contributed by atoms with E-state index >= 15 is 0 Å². The molecule has 2 N–H and O–H groups in total. The molecule has 2 nitrogen and oxygen atoms in total. The maximum Gasteiger partial charge on any atom is 0.122 e. The molecule has 0 bridgehead atoms. The van der Waals surface area contributed by atoms with Gasteiger partial charge in [0.25, 0.3) is 0 Å². The van der Waals surface area contributed by atoms with Crippen molar-refractivity contribution in [1.29, 1.82) is 0 Å². The van der Waals surface area contributed by atoms with Crippen molar-refractivity contribution in [2.45, 2.75) is 25.7 Å². The molecule has 0 spiro atoms. The van der Waals surface area contributed by atoms with Gasteiger partial charge in [-0.05, 0) is 49.4 Å². The van der Waals surface area contributed by atoms with E-state index in [1.54, 1.807) is 0 Å². The Morgan fingerprint density at radius 2 is 1.70 bits per heavy atom. The van der Waals surface area contributed by atoms with Gasteiger partial charge in [-0.2, -0.15) is 0 Å². The van der Waals surface area contributed by atoms with Gasteiger partial charge in [0.1, 0.15) is 5.75 Å². The molecule has 2 aromatic rings.